The Morgan fingerprint density at radius 2 is 1.90 bits per heavy atom. The maximum atomic E-state index is 3.79. The molecule has 0 N–H and O–H groups in total. The van der Waals surface area contributed by atoms with Crippen LogP contribution in [0.25, 0.3) is 0 Å². The van der Waals surface area contributed by atoms with E-state index in [9.17, 15) is 0 Å². The van der Waals surface area contributed by atoms with Gasteiger partial charge >= 0.3 is 0 Å². The fourth-order valence-corrected chi connectivity index (χ4v) is 1.26. The fourth-order valence-electron chi connectivity index (χ4n) is 1.26. The molecule has 0 saturated carbocycles. The van der Waals surface area contributed by atoms with E-state index in [4.69, 9.17) is 0 Å². The minimum Gasteiger partial charge on any atom is -0.306 e. The van der Waals surface area contributed by atoms with E-state index in [0.717, 1.165) is 5.92 Å². The topological polar surface area (TPSA) is 3.24 Å². The molecule has 1 fully saturated rings. The van der Waals surface area contributed by atoms with Gasteiger partial charge in [-0.1, -0.05) is 6.08 Å². The molecule has 1 saturated heterocycles. The smallest absolute Gasteiger partial charge is 0.00162 e. The van der Waals surface area contributed by atoms with Crippen LogP contribution in [0.15, 0.2) is 12.7 Å². The number of hydrogen-bond acceptors (Lipinski definition) is 1. The highest BCUT2D eigenvalue weighted by atomic mass is 35.5. The number of hydrogen-bond donors (Lipinski definition) is 0. The van der Waals surface area contributed by atoms with E-state index in [2.05, 4.69) is 24.6 Å². The average Bonchev–Trinajstić information content (AvgIpc) is 1.90. The van der Waals surface area contributed by atoms with Crippen LogP contribution >= 0.6 is 12.4 Å². The summed E-state index contributed by atoms with van der Waals surface area (Å²) in [6, 6.07) is 0. The van der Waals surface area contributed by atoms with Crippen molar-refractivity contribution in [3.8, 4) is 0 Å². The molecule has 0 aromatic carbocycles. The molecule has 0 bridgehead atoms. The first-order valence-electron chi connectivity index (χ1n) is 3.64. The summed E-state index contributed by atoms with van der Waals surface area (Å²) in [5, 5.41) is 0. The summed E-state index contributed by atoms with van der Waals surface area (Å²) in [5.41, 5.74) is 0. The van der Waals surface area contributed by atoms with Crippen molar-refractivity contribution in [2.45, 2.75) is 12.8 Å². The maximum Gasteiger partial charge on any atom is -0.00162 e. The summed E-state index contributed by atoms with van der Waals surface area (Å²) in [7, 11) is 2.18. The molecule has 0 amide bonds. The molecular weight excluding hydrogens is 146 g/mol. The lowest BCUT2D eigenvalue weighted by molar-refractivity contribution is 0.244. The number of nitrogens with zero attached hydrogens (tertiary/aromatic N) is 1. The van der Waals surface area contributed by atoms with Crippen LogP contribution < -0.4 is 0 Å². The SMILES string of the molecule is C=CC1CCN(C)CC1.Cl. The van der Waals surface area contributed by atoms with Crippen molar-refractivity contribution in [2.24, 2.45) is 5.92 Å². The molecule has 1 aliphatic heterocycles. The third kappa shape index (κ3) is 2.72. The number of likely N-dealkylation sites (tertiary alicyclic amines) is 1. The van der Waals surface area contributed by atoms with Gasteiger partial charge in [-0.3, -0.25) is 0 Å². The van der Waals surface area contributed by atoms with Crippen LogP contribution in [0.2, 0.25) is 0 Å². The third-order valence-corrected chi connectivity index (χ3v) is 2.10. The lowest BCUT2D eigenvalue weighted by Gasteiger charge is -2.26. The molecule has 0 unspecified atom stereocenters. The summed E-state index contributed by atoms with van der Waals surface area (Å²) in [4.78, 5) is 2.38. The minimum absolute atomic E-state index is 0. The van der Waals surface area contributed by atoms with Gasteiger partial charge in [0, 0.05) is 0 Å². The maximum absolute atomic E-state index is 3.79. The van der Waals surface area contributed by atoms with Gasteiger partial charge in [0.25, 0.3) is 0 Å². The molecule has 0 spiro atoms. The predicted molar refractivity (Wildman–Crippen MR) is 47.7 cm³/mol. The van der Waals surface area contributed by atoms with Gasteiger partial charge in [0.1, 0.15) is 0 Å². The van der Waals surface area contributed by atoms with E-state index in [1.165, 1.54) is 25.9 Å². The molecule has 1 aliphatic rings. The number of allylic oxidation sites excluding steroid dienone is 1. The average molecular weight is 162 g/mol. The van der Waals surface area contributed by atoms with Gasteiger partial charge in [-0.05, 0) is 38.9 Å². The van der Waals surface area contributed by atoms with Gasteiger partial charge in [-0.15, -0.1) is 19.0 Å². The van der Waals surface area contributed by atoms with E-state index < -0.39 is 0 Å². The van der Waals surface area contributed by atoms with Gasteiger partial charge in [-0.2, -0.15) is 0 Å². The third-order valence-electron chi connectivity index (χ3n) is 2.10. The molecule has 0 atom stereocenters. The molecule has 60 valence electrons. The second-order valence-electron chi connectivity index (χ2n) is 2.88. The van der Waals surface area contributed by atoms with E-state index in [1.807, 2.05) is 0 Å². The van der Waals surface area contributed by atoms with Gasteiger partial charge in [-0.25, -0.2) is 0 Å². The standard InChI is InChI=1S/C8H15N.ClH/c1-3-8-4-6-9(2)7-5-8;/h3,8H,1,4-7H2,2H3;1H. The largest absolute Gasteiger partial charge is 0.306 e. The molecule has 0 radical (unpaired) electrons. The Labute approximate surface area is 69.5 Å². The molecule has 0 aliphatic carbocycles. The molecule has 10 heavy (non-hydrogen) atoms. The zero-order valence-electron chi connectivity index (χ0n) is 6.55. The zero-order chi connectivity index (χ0) is 6.69. The zero-order valence-corrected chi connectivity index (χ0v) is 7.36. The number of halogens is 1. The molecule has 1 rings (SSSR count). The van der Waals surface area contributed by atoms with E-state index in [0.29, 0.717) is 0 Å². The first-order valence-corrected chi connectivity index (χ1v) is 3.64. The Hall–Kier alpha value is -0.0100. The van der Waals surface area contributed by atoms with Crippen LogP contribution in [0.3, 0.4) is 0 Å². The fraction of sp³-hybridized carbons (Fsp3) is 0.750. The molecule has 0 aromatic rings. The second kappa shape index (κ2) is 4.75. The number of piperidine rings is 1. The number of rotatable bonds is 1. The van der Waals surface area contributed by atoms with Crippen LogP contribution in [-0.4, -0.2) is 25.0 Å². The lowest BCUT2D eigenvalue weighted by Crippen LogP contribution is -2.29. The van der Waals surface area contributed by atoms with Crippen molar-refractivity contribution in [1.82, 2.24) is 4.90 Å². The molecule has 1 nitrogen and oxygen atoms in total. The Morgan fingerprint density at radius 3 is 2.30 bits per heavy atom. The van der Waals surface area contributed by atoms with Crippen LogP contribution in [-0.2, 0) is 0 Å². The Bertz CT molecular complexity index is 95.4. The highest BCUT2D eigenvalue weighted by Gasteiger charge is 2.12. The van der Waals surface area contributed by atoms with Crippen LogP contribution in [0.1, 0.15) is 12.8 Å². The molecular formula is C8H16ClN. The predicted octanol–water partition coefficient (Wildman–Crippen LogP) is 1.94. The Balaban J connectivity index is 0.000000810. The Morgan fingerprint density at radius 1 is 1.40 bits per heavy atom. The first-order chi connectivity index (χ1) is 4.33. The summed E-state index contributed by atoms with van der Waals surface area (Å²) in [6.07, 6.45) is 4.70. The lowest BCUT2D eigenvalue weighted by atomic mass is 9.98. The summed E-state index contributed by atoms with van der Waals surface area (Å²) < 4.78 is 0. The quantitative estimate of drug-likeness (QED) is 0.532. The van der Waals surface area contributed by atoms with Gasteiger partial charge in [0.05, 0.1) is 0 Å². The molecule has 1 heterocycles. The normalized spacial score (nSPS) is 21.7. The van der Waals surface area contributed by atoms with Crippen molar-refractivity contribution < 1.29 is 0 Å². The van der Waals surface area contributed by atoms with Gasteiger partial charge in [0.15, 0.2) is 0 Å². The van der Waals surface area contributed by atoms with Gasteiger partial charge in [0.2, 0.25) is 0 Å². The van der Waals surface area contributed by atoms with Crippen molar-refractivity contribution in [3.05, 3.63) is 12.7 Å². The van der Waals surface area contributed by atoms with Crippen molar-refractivity contribution in [1.29, 1.82) is 0 Å². The van der Waals surface area contributed by atoms with Crippen LogP contribution in [0.4, 0.5) is 0 Å². The monoisotopic (exact) mass is 161 g/mol. The summed E-state index contributed by atoms with van der Waals surface area (Å²) in [6.45, 7) is 6.28. The van der Waals surface area contributed by atoms with E-state index in [-0.39, 0.29) is 12.4 Å². The van der Waals surface area contributed by atoms with Crippen molar-refractivity contribution in [3.63, 3.8) is 0 Å². The first kappa shape index (κ1) is 9.99. The van der Waals surface area contributed by atoms with Crippen LogP contribution in [0.5, 0.6) is 0 Å². The molecule has 0 aromatic heterocycles. The second-order valence-corrected chi connectivity index (χ2v) is 2.88. The summed E-state index contributed by atoms with van der Waals surface area (Å²) >= 11 is 0. The summed E-state index contributed by atoms with van der Waals surface area (Å²) in [5.74, 6) is 0.793. The Kier molecular flexibility index (Phi) is 4.75. The highest BCUT2D eigenvalue weighted by Crippen LogP contribution is 2.15. The minimum atomic E-state index is 0. The van der Waals surface area contributed by atoms with E-state index >= 15 is 0 Å². The highest BCUT2D eigenvalue weighted by molar-refractivity contribution is 5.85. The van der Waals surface area contributed by atoms with Crippen LogP contribution in [0, 0.1) is 5.92 Å². The van der Waals surface area contributed by atoms with Crippen molar-refractivity contribution in [2.75, 3.05) is 20.1 Å². The van der Waals surface area contributed by atoms with E-state index in [1.54, 1.807) is 0 Å². The van der Waals surface area contributed by atoms with Crippen molar-refractivity contribution >= 4 is 12.4 Å². The van der Waals surface area contributed by atoms with Gasteiger partial charge < -0.3 is 4.90 Å². The molecule has 2 heteroatoms.